The summed E-state index contributed by atoms with van der Waals surface area (Å²) in [5, 5.41) is 3.13. The Kier molecular flexibility index (Phi) is 5.51. The van der Waals surface area contributed by atoms with Crippen molar-refractivity contribution < 1.29 is 9.53 Å². The van der Waals surface area contributed by atoms with Crippen LogP contribution in [0.3, 0.4) is 0 Å². The lowest BCUT2D eigenvalue weighted by atomic mass is 9.98. The highest BCUT2D eigenvalue weighted by Gasteiger charge is 2.17. The number of benzene rings is 3. The number of halogens is 1. The Morgan fingerprint density at radius 3 is 2.08 bits per heavy atom. The maximum absolute atomic E-state index is 12.7. The zero-order chi connectivity index (χ0) is 17.6. The van der Waals surface area contributed by atoms with Crippen molar-refractivity contribution in [2.75, 3.05) is 7.11 Å². The van der Waals surface area contributed by atoms with E-state index in [4.69, 9.17) is 4.74 Å². The van der Waals surface area contributed by atoms with Crippen LogP contribution in [-0.2, 0) is 0 Å². The van der Waals surface area contributed by atoms with E-state index in [0.29, 0.717) is 5.56 Å². The highest BCUT2D eigenvalue weighted by Crippen LogP contribution is 2.24. The van der Waals surface area contributed by atoms with Crippen LogP contribution in [0, 0.1) is 0 Å². The zero-order valence-corrected chi connectivity index (χ0v) is 15.4. The molecule has 0 radical (unpaired) electrons. The van der Waals surface area contributed by atoms with E-state index >= 15 is 0 Å². The Morgan fingerprint density at radius 2 is 1.48 bits per heavy atom. The summed E-state index contributed by atoms with van der Waals surface area (Å²) < 4.78 is 6.15. The zero-order valence-electron chi connectivity index (χ0n) is 13.8. The summed E-state index contributed by atoms with van der Waals surface area (Å²) in [7, 11) is 1.61. The normalized spacial score (nSPS) is 11.6. The Morgan fingerprint density at radius 1 is 0.880 bits per heavy atom. The molecule has 0 bridgehead atoms. The van der Waals surface area contributed by atoms with E-state index in [9.17, 15) is 4.79 Å². The fourth-order valence-corrected chi connectivity index (χ4v) is 2.88. The van der Waals surface area contributed by atoms with Crippen molar-refractivity contribution in [1.82, 2.24) is 5.32 Å². The van der Waals surface area contributed by atoms with Crippen LogP contribution in [0.2, 0.25) is 0 Å². The van der Waals surface area contributed by atoms with Gasteiger partial charge in [0.05, 0.1) is 13.2 Å². The van der Waals surface area contributed by atoms with Crippen LogP contribution >= 0.6 is 15.9 Å². The molecular weight excluding hydrogens is 378 g/mol. The van der Waals surface area contributed by atoms with Gasteiger partial charge in [0.2, 0.25) is 0 Å². The minimum atomic E-state index is -0.219. The van der Waals surface area contributed by atoms with E-state index in [2.05, 4.69) is 21.2 Å². The van der Waals surface area contributed by atoms with Gasteiger partial charge in [0, 0.05) is 10.0 Å². The van der Waals surface area contributed by atoms with E-state index in [1.807, 2.05) is 54.6 Å². The van der Waals surface area contributed by atoms with Gasteiger partial charge in [-0.1, -0.05) is 58.4 Å². The van der Waals surface area contributed by atoms with Crippen molar-refractivity contribution in [3.05, 3.63) is 100 Å². The molecule has 126 valence electrons. The van der Waals surface area contributed by atoms with Crippen molar-refractivity contribution in [1.29, 1.82) is 0 Å². The molecule has 0 aliphatic heterocycles. The predicted molar refractivity (Wildman–Crippen MR) is 103 cm³/mol. The second-order valence-corrected chi connectivity index (χ2v) is 6.51. The number of hydrogen-bond donors (Lipinski definition) is 1. The maximum atomic E-state index is 12.7. The van der Waals surface area contributed by atoms with E-state index in [1.165, 1.54) is 0 Å². The lowest BCUT2D eigenvalue weighted by Gasteiger charge is -2.20. The number of hydrogen-bond acceptors (Lipinski definition) is 2. The molecule has 0 heterocycles. The molecule has 1 N–H and O–H groups in total. The van der Waals surface area contributed by atoms with Crippen LogP contribution < -0.4 is 10.1 Å². The molecule has 1 atom stereocenters. The van der Waals surface area contributed by atoms with Crippen molar-refractivity contribution in [2.45, 2.75) is 6.04 Å². The number of amides is 1. The molecule has 0 aliphatic rings. The first kappa shape index (κ1) is 17.2. The number of nitrogens with one attached hydrogen (secondary N) is 1. The van der Waals surface area contributed by atoms with Crippen LogP contribution in [-0.4, -0.2) is 13.0 Å². The third-order valence-electron chi connectivity index (χ3n) is 3.96. The predicted octanol–water partition coefficient (Wildman–Crippen LogP) is 4.98. The summed E-state index contributed by atoms with van der Waals surface area (Å²) in [5.41, 5.74) is 2.65. The standard InChI is InChI=1S/C21H18BrNO2/c1-25-19-13-9-17(10-14-19)21(24)23-20(15-5-3-2-4-6-15)16-7-11-18(22)12-8-16/h2-14,20H,1H3,(H,23,24)/t20-/m1/s1. The Hall–Kier alpha value is -2.59. The third-order valence-corrected chi connectivity index (χ3v) is 4.49. The molecule has 0 aliphatic carbocycles. The minimum Gasteiger partial charge on any atom is -0.497 e. The Bertz CT molecular complexity index is 830. The fourth-order valence-electron chi connectivity index (χ4n) is 2.62. The first-order chi connectivity index (χ1) is 12.2. The molecule has 0 saturated carbocycles. The fraction of sp³-hybridized carbons (Fsp3) is 0.0952. The highest BCUT2D eigenvalue weighted by atomic mass is 79.9. The van der Waals surface area contributed by atoms with Gasteiger partial charge in [0.15, 0.2) is 0 Å². The van der Waals surface area contributed by atoms with E-state index < -0.39 is 0 Å². The van der Waals surface area contributed by atoms with Crippen molar-refractivity contribution in [3.63, 3.8) is 0 Å². The van der Waals surface area contributed by atoms with Gasteiger partial charge in [0.25, 0.3) is 5.91 Å². The lowest BCUT2D eigenvalue weighted by molar-refractivity contribution is 0.0943. The molecule has 3 nitrogen and oxygen atoms in total. The quantitative estimate of drug-likeness (QED) is 0.661. The monoisotopic (exact) mass is 395 g/mol. The number of ether oxygens (including phenoxy) is 1. The first-order valence-electron chi connectivity index (χ1n) is 7.92. The number of carbonyl (C=O) groups is 1. The number of rotatable bonds is 5. The van der Waals surface area contributed by atoms with Crippen LogP contribution in [0.15, 0.2) is 83.3 Å². The summed E-state index contributed by atoms with van der Waals surface area (Å²) in [5.74, 6) is 0.600. The summed E-state index contributed by atoms with van der Waals surface area (Å²) in [6.45, 7) is 0. The Balaban J connectivity index is 1.89. The lowest BCUT2D eigenvalue weighted by Crippen LogP contribution is -2.29. The summed E-state index contributed by atoms with van der Waals surface area (Å²) >= 11 is 3.45. The van der Waals surface area contributed by atoms with Gasteiger partial charge in [-0.15, -0.1) is 0 Å². The molecule has 4 heteroatoms. The third kappa shape index (κ3) is 4.28. The number of methoxy groups -OCH3 is 1. The minimum absolute atomic E-state index is 0.126. The molecule has 3 aromatic rings. The second kappa shape index (κ2) is 7.99. The van der Waals surface area contributed by atoms with Gasteiger partial charge in [0.1, 0.15) is 5.75 Å². The van der Waals surface area contributed by atoms with E-state index in [0.717, 1.165) is 21.3 Å². The van der Waals surface area contributed by atoms with Gasteiger partial charge in [-0.05, 0) is 47.5 Å². The molecule has 3 rings (SSSR count). The summed E-state index contributed by atoms with van der Waals surface area (Å²) in [4.78, 5) is 12.7. The maximum Gasteiger partial charge on any atom is 0.252 e. The first-order valence-corrected chi connectivity index (χ1v) is 8.72. The van der Waals surface area contributed by atoms with Gasteiger partial charge in [-0.2, -0.15) is 0 Å². The molecule has 0 unspecified atom stereocenters. The smallest absolute Gasteiger partial charge is 0.252 e. The topological polar surface area (TPSA) is 38.3 Å². The number of carbonyl (C=O) groups excluding carboxylic acids is 1. The van der Waals surface area contributed by atoms with Crippen molar-refractivity contribution in [2.24, 2.45) is 0 Å². The summed E-state index contributed by atoms with van der Waals surface area (Å²) in [6, 6.07) is 24.8. The highest BCUT2D eigenvalue weighted by molar-refractivity contribution is 9.10. The van der Waals surface area contributed by atoms with Crippen LogP contribution in [0.25, 0.3) is 0 Å². The van der Waals surface area contributed by atoms with Gasteiger partial charge in [-0.3, -0.25) is 4.79 Å². The molecule has 25 heavy (non-hydrogen) atoms. The Labute approximate surface area is 155 Å². The molecule has 1 amide bonds. The van der Waals surface area contributed by atoms with Gasteiger partial charge in [-0.25, -0.2) is 0 Å². The summed E-state index contributed by atoms with van der Waals surface area (Å²) in [6.07, 6.45) is 0. The van der Waals surface area contributed by atoms with E-state index in [1.54, 1.807) is 31.4 Å². The van der Waals surface area contributed by atoms with Crippen LogP contribution in [0.1, 0.15) is 27.5 Å². The molecule has 0 saturated heterocycles. The van der Waals surface area contributed by atoms with Crippen LogP contribution in [0.4, 0.5) is 0 Å². The van der Waals surface area contributed by atoms with Crippen molar-refractivity contribution >= 4 is 21.8 Å². The molecule has 0 aromatic heterocycles. The largest absolute Gasteiger partial charge is 0.497 e. The van der Waals surface area contributed by atoms with Gasteiger partial charge < -0.3 is 10.1 Å². The van der Waals surface area contributed by atoms with Crippen LogP contribution in [0.5, 0.6) is 5.75 Å². The molecule has 0 spiro atoms. The van der Waals surface area contributed by atoms with Crippen molar-refractivity contribution in [3.8, 4) is 5.75 Å². The molecular formula is C21H18BrNO2. The average Bonchev–Trinajstić information content (AvgIpc) is 2.67. The van der Waals surface area contributed by atoms with E-state index in [-0.39, 0.29) is 11.9 Å². The molecule has 0 fully saturated rings. The average molecular weight is 396 g/mol. The second-order valence-electron chi connectivity index (χ2n) is 5.60. The SMILES string of the molecule is COc1ccc(C(=O)N[C@H](c2ccccc2)c2ccc(Br)cc2)cc1. The molecule has 3 aromatic carbocycles. The van der Waals surface area contributed by atoms with Gasteiger partial charge >= 0.3 is 0 Å².